The van der Waals surface area contributed by atoms with E-state index in [1.165, 1.54) is 0 Å². The van der Waals surface area contributed by atoms with Crippen molar-refractivity contribution in [2.75, 3.05) is 18.4 Å². The average molecular weight is 248 g/mol. The fourth-order valence-corrected chi connectivity index (χ4v) is 2.69. The van der Waals surface area contributed by atoms with E-state index in [1.807, 2.05) is 26.8 Å². The molecule has 3 rings (SSSR count). The zero-order valence-electron chi connectivity index (χ0n) is 11.1. The second kappa shape index (κ2) is 4.39. The fraction of sp³-hybridized carbons (Fsp3) is 0.692. The summed E-state index contributed by atoms with van der Waals surface area (Å²) in [5.74, 6) is 2.86. The molecule has 1 aliphatic carbocycles. The predicted octanol–water partition coefficient (Wildman–Crippen LogP) is 1.20. The summed E-state index contributed by atoms with van der Waals surface area (Å²) in [5, 5.41) is 6.81. The van der Waals surface area contributed by atoms with Crippen LogP contribution in [0, 0.1) is 18.8 Å². The molecule has 1 saturated heterocycles. The Morgan fingerprint density at radius 2 is 2.06 bits per heavy atom. The normalized spacial score (nSPS) is 29.2. The highest BCUT2D eigenvalue weighted by Gasteiger charge is 2.53. The summed E-state index contributed by atoms with van der Waals surface area (Å²) in [5.41, 5.74) is 0.937. The molecule has 1 aromatic heterocycles. The van der Waals surface area contributed by atoms with Crippen molar-refractivity contribution in [2.45, 2.75) is 32.9 Å². The number of rotatable bonds is 4. The zero-order chi connectivity index (χ0) is 12.7. The molecule has 0 radical (unpaired) electrons. The number of nitrogens with zero attached hydrogens (tertiary/aromatic N) is 2. The van der Waals surface area contributed by atoms with Gasteiger partial charge in [-0.2, -0.15) is 4.98 Å². The van der Waals surface area contributed by atoms with Crippen molar-refractivity contribution in [1.82, 2.24) is 15.3 Å². The molecule has 0 bridgehead atoms. The average Bonchev–Trinajstić information content (AvgIpc) is 2.71. The van der Waals surface area contributed by atoms with Crippen LogP contribution in [0.3, 0.4) is 0 Å². The van der Waals surface area contributed by atoms with Gasteiger partial charge in [-0.25, -0.2) is 4.98 Å². The third-order valence-corrected chi connectivity index (χ3v) is 3.57. The van der Waals surface area contributed by atoms with Gasteiger partial charge < -0.3 is 15.4 Å². The lowest BCUT2D eigenvalue weighted by molar-refractivity contribution is 0.232. The minimum absolute atomic E-state index is 0.136. The van der Waals surface area contributed by atoms with Crippen molar-refractivity contribution in [2.24, 2.45) is 11.8 Å². The van der Waals surface area contributed by atoms with Crippen LogP contribution in [-0.2, 0) is 0 Å². The van der Waals surface area contributed by atoms with Gasteiger partial charge >= 0.3 is 0 Å². The van der Waals surface area contributed by atoms with Crippen LogP contribution in [0.5, 0.6) is 5.88 Å². The lowest BCUT2D eigenvalue weighted by Crippen LogP contribution is -2.22. The monoisotopic (exact) mass is 248 g/mol. The number of hydrogen-bond donors (Lipinski definition) is 2. The van der Waals surface area contributed by atoms with Crippen LogP contribution in [0.4, 0.5) is 5.95 Å². The van der Waals surface area contributed by atoms with Gasteiger partial charge in [0, 0.05) is 30.9 Å². The van der Waals surface area contributed by atoms with Gasteiger partial charge in [0.2, 0.25) is 11.8 Å². The Morgan fingerprint density at radius 1 is 1.33 bits per heavy atom. The van der Waals surface area contributed by atoms with Crippen molar-refractivity contribution in [1.29, 1.82) is 0 Å². The smallest absolute Gasteiger partial charge is 0.226 e. The van der Waals surface area contributed by atoms with Crippen LogP contribution in [0.1, 0.15) is 19.5 Å². The zero-order valence-corrected chi connectivity index (χ0v) is 11.1. The lowest BCUT2D eigenvalue weighted by Gasteiger charge is -2.12. The first-order valence-corrected chi connectivity index (χ1v) is 6.63. The van der Waals surface area contributed by atoms with Crippen molar-refractivity contribution in [3.05, 3.63) is 11.8 Å². The molecule has 2 heterocycles. The molecule has 5 heteroatoms. The third-order valence-electron chi connectivity index (χ3n) is 3.57. The number of nitrogens with one attached hydrogen (secondary N) is 2. The molecule has 0 aromatic carbocycles. The van der Waals surface area contributed by atoms with E-state index in [-0.39, 0.29) is 6.10 Å². The highest BCUT2D eigenvalue weighted by molar-refractivity contribution is 5.36. The molecule has 1 saturated carbocycles. The Labute approximate surface area is 107 Å². The standard InChI is InChI=1S/C13H20N4O/c1-7(2)18-11-4-8(3)15-13(16-11)17-12-9-5-14-6-10(9)12/h4,7,9-10,12,14H,5-6H2,1-3H3,(H,15,16,17). The molecular weight excluding hydrogens is 228 g/mol. The van der Waals surface area contributed by atoms with E-state index in [0.29, 0.717) is 17.9 Å². The number of ether oxygens (including phenoxy) is 1. The van der Waals surface area contributed by atoms with Crippen LogP contribution in [0.15, 0.2) is 6.07 Å². The van der Waals surface area contributed by atoms with E-state index < -0.39 is 0 Å². The van der Waals surface area contributed by atoms with E-state index in [1.54, 1.807) is 0 Å². The molecule has 98 valence electrons. The quantitative estimate of drug-likeness (QED) is 0.838. The van der Waals surface area contributed by atoms with E-state index in [2.05, 4.69) is 20.6 Å². The van der Waals surface area contributed by atoms with Crippen molar-refractivity contribution in [3.63, 3.8) is 0 Å². The van der Waals surface area contributed by atoms with Gasteiger partial charge in [0.25, 0.3) is 0 Å². The van der Waals surface area contributed by atoms with Crippen LogP contribution < -0.4 is 15.4 Å². The van der Waals surface area contributed by atoms with E-state index in [0.717, 1.165) is 30.6 Å². The SMILES string of the molecule is Cc1cc(OC(C)C)nc(NC2C3CNCC32)n1. The molecular formula is C13H20N4O. The summed E-state index contributed by atoms with van der Waals surface area (Å²) in [6.07, 6.45) is 0.136. The number of anilines is 1. The summed E-state index contributed by atoms with van der Waals surface area (Å²) >= 11 is 0. The summed E-state index contributed by atoms with van der Waals surface area (Å²) in [7, 11) is 0. The minimum atomic E-state index is 0.136. The maximum atomic E-state index is 5.63. The molecule has 2 aliphatic rings. The van der Waals surface area contributed by atoms with Gasteiger partial charge in [0.1, 0.15) is 0 Å². The van der Waals surface area contributed by atoms with E-state index in [9.17, 15) is 0 Å². The van der Waals surface area contributed by atoms with Gasteiger partial charge in [-0.15, -0.1) is 0 Å². The molecule has 0 amide bonds. The molecule has 1 aliphatic heterocycles. The summed E-state index contributed by atoms with van der Waals surface area (Å²) in [4.78, 5) is 8.84. The Morgan fingerprint density at radius 3 is 2.72 bits per heavy atom. The van der Waals surface area contributed by atoms with Gasteiger partial charge in [0.15, 0.2) is 0 Å². The third kappa shape index (κ3) is 2.27. The Bertz CT molecular complexity index is 439. The van der Waals surface area contributed by atoms with Crippen LogP contribution in [0.2, 0.25) is 0 Å². The molecule has 1 aromatic rings. The number of hydrogen-bond acceptors (Lipinski definition) is 5. The van der Waals surface area contributed by atoms with Crippen molar-refractivity contribution in [3.8, 4) is 5.88 Å². The number of piperidine rings is 1. The Balaban J connectivity index is 1.69. The largest absolute Gasteiger partial charge is 0.475 e. The summed E-state index contributed by atoms with van der Waals surface area (Å²) < 4.78 is 5.63. The van der Waals surface area contributed by atoms with Crippen molar-refractivity contribution < 1.29 is 4.74 Å². The fourth-order valence-electron chi connectivity index (χ4n) is 2.69. The highest BCUT2D eigenvalue weighted by atomic mass is 16.5. The summed E-state index contributed by atoms with van der Waals surface area (Å²) in [6, 6.07) is 2.42. The number of aryl methyl sites for hydroxylation is 1. The van der Waals surface area contributed by atoms with Gasteiger partial charge in [-0.3, -0.25) is 0 Å². The van der Waals surface area contributed by atoms with Gasteiger partial charge in [-0.05, 0) is 32.6 Å². The van der Waals surface area contributed by atoms with Crippen LogP contribution >= 0.6 is 0 Å². The van der Waals surface area contributed by atoms with E-state index in [4.69, 9.17) is 4.74 Å². The molecule has 2 fully saturated rings. The first-order valence-electron chi connectivity index (χ1n) is 6.63. The molecule has 2 atom stereocenters. The number of fused-ring (bicyclic) bond motifs is 1. The van der Waals surface area contributed by atoms with E-state index >= 15 is 0 Å². The second-order valence-corrected chi connectivity index (χ2v) is 5.49. The summed E-state index contributed by atoms with van der Waals surface area (Å²) in [6.45, 7) is 8.20. The Kier molecular flexibility index (Phi) is 2.86. The van der Waals surface area contributed by atoms with Crippen LogP contribution in [0.25, 0.3) is 0 Å². The molecule has 0 spiro atoms. The van der Waals surface area contributed by atoms with Crippen molar-refractivity contribution >= 4 is 5.95 Å². The first-order chi connectivity index (χ1) is 8.63. The van der Waals surface area contributed by atoms with Gasteiger partial charge in [0.05, 0.1) is 6.10 Å². The maximum absolute atomic E-state index is 5.63. The highest BCUT2D eigenvalue weighted by Crippen LogP contribution is 2.43. The first kappa shape index (κ1) is 11.7. The maximum Gasteiger partial charge on any atom is 0.226 e. The van der Waals surface area contributed by atoms with Gasteiger partial charge in [-0.1, -0.05) is 0 Å². The molecule has 5 nitrogen and oxygen atoms in total. The predicted molar refractivity (Wildman–Crippen MR) is 69.8 cm³/mol. The molecule has 2 unspecified atom stereocenters. The molecule has 18 heavy (non-hydrogen) atoms. The topological polar surface area (TPSA) is 59.1 Å². The minimum Gasteiger partial charge on any atom is -0.475 e. The second-order valence-electron chi connectivity index (χ2n) is 5.49. The number of aromatic nitrogens is 2. The van der Waals surface area contributed by atoms with Crippen LogP contribution in [-0.4, -0.2) is 35.2 Å². The Hall–Kier alpha value is -1.36. The lowest BCUT2D eigenvalue weighted by atomic mass is 10.4. The molecule has 2 N–H and O–H groups in total.